The minimum atomic E-state index is -3.53. The predicted molar refractivity (Wildman–Crippen MR) is 73.0 cm³/mol. The zero-order valence-electron chi connectivity index (χ0n) is 10.8. The van der Waals surface area contributed by atoms with Crippen LogP contribution in [-0.4, -0.2) is 28.0 Å². The zero-order chi connectivity index (χ0) is 14.3. The topological polar surface area (TPSA) is 98.5 Å². The Bertz CT molecular complexity index is 511. The molecule has 1 amide bonds. The smallest absolute Gasteiger partial charge is 0.224 e. The fraction of sp³-hybridized carbons (Fsp3) is 0.417. The van der Waals surface area contributed by atoms with E-state index < -0.39 is 10.0 Å². The Morgan fingerprint density at radius 3 is 2.47 bits per heavy atom. The Balaban J connectivity index is 2.50. The van der Waals surface area contributed by atoms with Crippen molar-refractivity contribution < 1.29 is 17.9 Å². The highest BCUT2D eigenvalue weighted by Crippen LogP contribution is 2.11. The number of hydrogen-bond acceptors (Lipinski definition) is 4. The predicted octanol–water partition coefficient (Wildman–Crippen LogP) is 0.840. The van der Waals surface area contributed by atoms with Gasteiger partial charge in [-0.3, -0.25) is 4.79 Å². The van der Waals surface area contributed by atoms with Crippen molar-refractivity contribution in [3.8, 4) is 0 Å². The molecule has 0 spiro atoms. The minimum absolute atomic E-state index is 0.101. The van der Waals surface area contributed by atoms with Crippen molar-refractivity contribution in [3.05, 3.63) is 29.8 Å². The molecule has 1 aromatic carbocycles. The lowest BCUT2D eigenvalue weighted by Crippen LogP contribution is -2.15. The molecule has 3 N–H and O–H groups in total. The van der Waals surface area contributed by atoms with Crippen LogP contribution in [0.15, 0.2) is 24.3 Å². The van der Waals surface area contributed by atoms with Crippen LogP contribution < -0.4 is 10.5 Å². The third-order valence-corrected chi connectivity index (χ3v) is 3.09. The largest absolute Gasteiger partial charge is 0.385 e. The zero-order valence-corrected chi connectivity index (χ0v) is 11.6. The Hall–Kier alpha value is -1.44. The SMILES string of the molecule is COCCCC(=O)Nc1ccc(CS(N)(=O)=O)cc1. The second-order valence-corrected chi connectivity index (χ2v) is 5.76. The Kier molecular flexibility index (Phi) is 5.94. The minimum Gasteiger partial charge on any atom is -0.385 e. The summed E-state index contributed by atoms with van der Waals surface area (Å²) in [7, 11) is -1.94. The first-order valence-electron chi connectivity index (χ1n) is 5.79. The highest BCUT2D eigenvalue weighted by Gasteiger charge is 2.06. The molecule has 0 heterocycles. The Labute approximate surface area is 113 Å². The van der Waals surface area contributed by atoms with Crippen molar-refractivity contribution >= 4 is 21.6 Å². The van der Waals surface area contributed by atoms with Gasteiger partial charge in [0, 0.05) is 25.8 Å². The molecular weight excluding hydrogens is 268 g/mol. The number of rotatable bonds is 7. The van der Waals surface area contributed by atoms with Gasteiger partial charge in [-0.1, -0.05) is 12.1 Å². The van der Waals surface area contributed by atoms with Gasteiger partial charge in [0.05, 0.1) is 5.75 Å². The summed E-state index contributed by atoms with van der Waals surface area (Å²) in [6.45, 7) is 0.542. The van der Waals surface area contributed by atoms with Gasteiger partial charge in [0.2, 0.25) is 15.9 Å². The van der Waals surface area contributed by atoms with E-state index in [1.54, 1.807) is 31.4 Å². The van der Waals surface area contributed by atoms with Crippen molar-refractivity contribution in [2.24, 2.45) is 5.14 Å². The third-order valence-electron chi connectivity index (χ3n) is 2.36. The highest BCUT2D eigenvalue weighted by molar-refractivity contribution is 7.88. The standard InChI is InChI=1S/C12H18N2O4S/c1-18-8-2-3-12(15)14-11-6-4-10(5-7-11)9-19(13,16)17/h4-7H,2-3,8-9H2,1H3,(H,14,15)(H2,13,16,17). The Morgan fingerprint density at radius 2 is 1.95 bits per heavy atom. The van der Waals surface area contributed by atoms with Gasteiger partial charge in [-0.25, -0.2) is 13.6 Å². The number of carbonyl (C=O) groups excluding carboxylic acids is 1. The van der Waals surface area contributed by atoms with Crippen LogP contribution in [0.4, 0.5) is 5.69 Å². The number of nitrogens with one attached hydrogen (secondary N) is 1. The molecule has 0 aliphatic heterocycles. The fourth-order valence-corrected chi connectivity index (χ4v) is 2.17. The van der Waals surface area contributed by atoms with E-state index in [1.165, 1.54) is 0 Å². The molecule has 0 atom stereocenters. The first-order chi connectivity index (χ1) is 8.90. The molecule has 0 saturated carbocycles. The van der Waals surface area contributed by atoms with E-state index in [9.17, 15) is 13.2 Å². The van der Waals surface area contributed by atoms with Gasteiger partial charge >= 0.3 is 0 Å². The quantitative estimate of drug-likeness (QED) is 0.726. The van der Waals surface area contributed by atoms with Gasteiger partial charge in [0.1, 0.15) is 0 Å². The van der Waals surface area contributed by atoms with Crippen molar-refractivity contribution in [3.63, 3.8) is 0 Å². The van der Waals surface area contributed by atoms with Crippen LogP contribution in [0, 0.1) is 0 Å². The summed E-state index contributed by atoms with van der Waals surface area (Å²) in [6.07, 6.45) is 1.04. The lowest BCUT2D eigenvalue weighted by atomic mass is 10.2. The number of nitrogens with two attached hydrogens (primary N) is 1. The van der Waals surface area contributed by atoms with Gasteiger partial charge in [-0.2, -0.15) is 0 Å². The van der Waals surface area contributed by atoms with E-state index in [0.29, 0.717) is 30.7 Å². The number of primary sulfonamides is 1. The molecule has 0 bridgehead atoms. The van der Waals surface area contributed by atoms with Crippen molar-refractivity contribution in [1.82, 2.24) is 0 Å². The van der Waals surface area contributed by atoms with Crippen molar-refractivity contribution in [1.29, 1.82) is 0 Å². The Morgan fingerprint density at radius 1 is 1.32 bits per heavy atom. The number of anilines is 1. The lowest BCUT2D eigenvalue weighted by molar-refractivity contribution is -0.116. The van der Waals surface area contributed by atoms with E-state index in [-0.39, 0.29) is 11.7 Å². The van der Waals surface area contributed by atoms with Crippen LogP contribution in [-0.2, 0) is 25.3 Å². The van der Waals surface area contributed by atoms with Crippen LogP contribution in [0.3, 0.4) is 0 Å². The first kappa shape index (κ1) is 15.6. The average Bonchev–Trinajstić information content (AvgIpc) is 2.30. The first-order valence-corrected chi connectivity index (χ1v) is 7.50. The van der Waals surface area contributed by atoms with E-state index in [2.05, 4.69) is 5.32 Å². The summed E-state index contributed by atoms with van der Waals surface area (Å²) in [6, 6.07) is 6.54. The maximum Gasteiger partial charge on any atom is 0.224 e. The molecule has 0 fully saturated rings. The molecular formula is C12H18N2O4S. The second kappa shape index (κ2) is 7.22. The molecule has 7 heteroatoms. The van der Waals surface area contributed by atoms with Gasteiger partial charge in [0.25, 0.3) is 0 Å². The molecule has 6 nitrogen and oxygen atoms in total. The number of carbonyl (C=O) groups is 1. The summed E-state index contributed by atoms with van der Waals surface area (Å²) in [4.78, 5) is 11.5. The van der Waals surface area contributed by atoms with Crippen LogP contribution in [0.5, 0.6) is 0 Å². The number of ether oxygens (including phenoxy) is 1. The maximum atomic E-state index is 11.5. The summed E-state index contributed by atoms with van der Waals surface area (Å²) >= 11 is 0. The molecule has 106 valence electrons. The molecule has 0 unspecified atom stereocenters. The molecule has 0 aromatic heterocycles. The van der Waals surface area contributed by atoms with Gasteiger partial charge in [0.15, 0.2) is 0 Å². The molecule has 1 aromatic rings. The lowest BCUT2D eigenvalue weighted by Gasteiger charge is -2.06. The number of methoxy groups -OCH3 is 1. The monoisotopic (exact) mass is 286 g/mol. The van der Waals surface area contributed by atoms with E-state index >= 15 is 0 Å². The summed E-state index contributed by atoms with van der Waals surface area (Å²) in [5, 5.41) is 7.66. The summed E-state index contributed by atoms with van der Waals surface area (Å²) in [5.41, 5.74) is 1.21. The van der Waals surface area contributed by atoms with E-state index in [4.69, 9.17) is 9.88 Å². The number of amides is 1. The maximum absolute atomic E-state index is 11.5. The van der Waals surface area contributed by atoms with Crippen LogP contribution in [0.25, 0.3) is 0 Å². The molecule has 0 aliphatic rings. The molecule has 0 aliphatic carbocycles. The highest BCUT2D eigenvalue weighted by atomic mass is 32.2. The van der Waals surface area contributed by atoms with Crippen LogP contribution in [0.1, 0.15) is 18.4 Å². The van der Waals surface area contributed by atoms with Gasteiger partial charge in [-0.05, 0) is 24.1 Å². The van der Waals surface area contributed by atoms with Crippen LogP contribution in [0.2, 0.25) is 0 Å². The average molecular weight is 286 g/mol. The van der Waals surface area contributed by atoms with Crippen molar-refractivity contribution in [2.45, 2.75) is 18.6 Å². The molecule has 0 radical (unpaired) electrons. The summed E-state index contributed by atoms with van der Waals surface area (Å²) < 4.78 is 26.7. The van der Waals surface area contributed by atoms with E-state index in [1.807, 2.05) is 0 Å². The number of benzene rings is 1. The summed E-state index contributed by atoms with van der Waals surface area (Å²) in [5.74, 6) is -0.314. The van der Waals surface area contributed by atoms with Crippen LogP contribution >= 0.6 is 0 Å². The number of hydrogen-bond donors (Lipinski definition) is 2. The second-order valence-electron chi connectivity index (χ2n) is 4.15. The van der Waals surface area contributed by atoms with E-state index in [0.717, 1.165) is 0 Å². The molecule has 0 saturated heterocycles. The van der Waals surface area contributed by atoms with Gasteiger partial charge in [-0.15, -0.1) is 0 Å². The van der Waals surface area contributed by atoms with Crippen molar-refractivity contribution in [2.75, 3.05) is 19.0 Å². The van der Waals surface area contributed by atoms with Gasteiger partial charge < -0.3 is 10.1 Å². The number of sulfonamides is 1. The normalized spacial score (nSPS) is 11.3. The third kappa shape index (κ3) is 6.90. The fourth-order valence-electron chi connectivity index (χ4n) is 1.52. The molecule has 19 heavy (non-hydrogen) atoms. The molecule has 1 rings (SSSR count).